The van der Waals surface area contributed by atoms with Crippen LogP contribution in [0.1, 0.15) is 47.7 Å². The summed E-state index contributed by atoms with van der Waals surface area (Å²) in [6.45, 7) is 2.91. The maximum absolute atomic E-state index is 12.8. The molecule has 2 aromatic carbocycles. The van der Waals surface area contributed by atoms with E-state index >= 15 is 0 Å². The van der Waals surface area contributed by atoms with Crippen molar-refractivity contribution in [2.75, 3.05) is 26.3 Å². The summed E-state index contributed by atoms with van der Waals surface area (Å²) >= 11 is 0. The van der Waals surface area contributed by atoms with Crippen LogP contribution in [0.3, 0.4) is 0 Å². The summed E-state index contributed by atoms with van der Waals surface area (Å²) in [4.78, 5) is 37.7. The minimum absolute atomic E-state index is 0.115. The normalized spacial score (nSPS) is 16.4. The number of aryl methyl sites for hydroxylation is 1. The molecule has 0 unspecified atom stereocenters. The fourth-order valence-electron chi connectivity index (χ4n) is 3.73. The van der Waals surface area contributed by atoms with Gasteiger partial charge in [-0.25, -0.2) is 4.57 Å². The number of nitrogens with two attached hydrogens (primary N) is 1. The number of benzene rings is 2. The maximum atomic E-state index is 12.8. The molecule has 2 aromatic rings. The molecule has 1 heterocycles. The number of amides is 1. The first-order valence-corrected chi connectivity index (χ1v) is 12.8. The zero-order valence-corrected chi connectivity index (χ0v) is 20.2. The summed E-state index contributed by atoms with van der Waals surface area (Å²) in [5.74, 6) is -0.115. The van der Waals surface area contributed by atoms with E-state index in [0.29, 0.717) is 38.1 Å². The molecule has 1 aliphatic rings. The van der Waals surface area contributed by atoms with Crippen molar-refractivity contribution in [2.24, 2.45) is 10.9 Å². The van der Waals surface area contributed by atoms with Gasteiger partial charge in [-0.05, 0) is 55.9 Å². The lowest BCUT2D eigenvalue weighted by molar-refractivity contribution is 0.0594. The average Bonchev–Trinajstić information content (AvgIpc) is 2.83. The van der Waals surface area contributed by atoms with E-state index in [2.05, 4.69) is 21.8 Å². The molecule has 9 nitrogen and oxygen atoms in total. The first-order chi connectivity index (χ1) is 16.2. The Kier molecular flexibility index (Phi) is 8.99. The van der Waals surface area contributed by atoms with Crippen LogP contribution >= 0.6 is 7.82 Å². The first kappa shape index (κ1) is 26.1. The van der Waals surface area contributed by atoms with Gasteiger partial charge in [0.05, 0.1) is 12.3 Å². The number of rotatable bonds is 10. The van der Waals surface area contributed by atoms with Gasteiger partial charge in [0.25, 0.3) is 5.91 Å². The molecule has 0 spiro atoms. The van der Waals surface area contributed by atoms with E-state index in [9.17, 15) is 9.36 Å². The Bertz CT molecular complexity index is 1010. The first-order valence-electron chi connectivity index (χ1n) is 11.2. The lowest BCUT2D eigenvalue weighted by Gasteiger charge is -2.38. The van der Waals surface area contributed by atoms with Gasteiger partial charge in [0.2, 0.25) is 0 Å². The second-order valence-corrected chi connectivity index (χ2v) is 9.83. The molecule has 0 bridgehead atoms. The van der Waals surface area contributed by atoms with E-state index in [4.69, 9.17) is 20.4 Å². The van der Waals surface area contributed by atoms with Gasteiger partial charge >= 0.3 is 7.82 Å². The third-order valence-electron chi connectivity index (χ3n) is 5.86. The minimum Gasteiger partial charge on any atom is -0.396 e. The van der Waals surface area contributed by atoms with Crippen LogP contribution in [0.5, 0.6) is 0 Å². The highest BCUT2D eigenvalue weighted by Crippen LogP contribution is 2.37. The molecular weight excluding hydrogens is 457 g/mol. The van der Waals surface area contributed by atoms with Crippen LogP contribution in [-0.4, -0.2) is 58.1 Å². The predicted octanol–water partition coefficient (Wildman–Crippen LogP) is 3.10. The zero-order valence-electron chi connectivity index (χ0n) is 19.3. The van der Waals surface area contributed by atoms with Crippen LogP contribution in [0, 0.1) is 0 Å². The molecule has 1 aliphatic heterocycles. The van der Waals surface area contributed by atoms with Crippen LogP contribution in [0.15, 0.2) is 59.8 Å². The molecule has 0 saturated carbocycles. The highest BCUT2D eigenvalue weighted by atomic mass is 31.2. The van der Waals surface area contributed by atoms with Gasteiger partial charge in [-0.2, -0.15) is 0 Å². The SMILES string of the molecule is C/C(=N\OCCCc1ccccc1)c1ccc(C(=O)N2CCC(N)(COP(=O)(O)O)CC2)cc1. The minimum atomic E-state index is -4.57. The smallest absolute Gasteiger partial charge is 0.396 e. The maximum Gasteiger partial charge on any atom is 0.469 e. The number of carbonyl (C=O) groups is 1. The highest BCUT2D eigenvalue weighted by molar-refractivity contribution is 7.46. The summed E-state index contributed by atoms with van der Waals surface area (Å²) < 4.78 is 15.5. The zero-order chi connectivity index (χ0) is 24.6. The number of hydrogen-bond acceptors (Lipinski definition) is 6. The van der Waals surface area contributed by atoms with Crippen molar-refractivity contribution >= 4 is 19.4 Å². The van der Waals surface area contributed by atoms with E-state index in [1.54, 1.807) is 17.0 Å². The van der Waals surface area contributed by atoms with E-state index in [1.807, 2.05) is 37.3 Å². The number of oxime groups is 1. The molecule has 1 saturated heterocycles. The third-order valence-corrected chi connectivity index (χ3v) is 6.33. The number of carbonyl (C=O) groups excluding carboxylic acids is 1. The van der Waals surface area contributed by atoms with Crippen molar-refractivity contribution < 1.29 is 28.5 Å². The van der Waals surface area contributed by atoms with Crippen LogP contribution in [0.4, 0.5) is 0 Å². The molecule has 4 N–H and O–H groups in total. The number of nitrogens with zero attached hydrogens (tertiary/aromatic N) is 2. The molecule has 1 fully saturated rings. The molecule has 0 radical (unpaired) electrons. The average molecular weight is 490 g/mol. The van der Waals surface area contributed by atoms with Gasteiger partial charge < -0.3 is 25.3 Å². The number of phosphoric acid groups is 1. The van der Waals surface area contributed by atoms with Gasteiger partial charge in [0.15, 0.2) is 0 Å². The lowest BCUT2D eigenvalue weighted by Crippen LogP contribution is -2.54. The summed E-state index contributed by atoms with van der Waals surface area (Å²) in [5, 5.41) is 4.18. The number of hydrogen-bond donors (Lipinski definition) is 3. The molecule has 184 valence electrons. The van der Waals surface area contributed by atoms with Gasteiger partial charge in [-0.3, -0.25) is 9.32 Å². The standard InChI is InChI=1S/C24H32N3O6P/c1-19(26-32-17-5-8-20-6-3-2-4-7-20)21-9-11-22(12-10-21)23(28)27-15-13-24(25,14-16-27)18-33-34(29,30)31/h2-4,6-7,9-12H,5,8,13-18,25H2,1H3,(H2,29,30,31)/b26-19+. The third kappa shape index (κ3) is 8.04. The summed E-state index contributed by atoms with van der Waals surface area (Å²) in [5.41, 5.74) is 8.74. The van der Waals surface area contributed by atoms with E-state index in [0.717, 1.165) is 24.1 Å². The summed E-state index contributed by atoms with van der Waals surface area (Å²) in [6, 6.07) is 17.4. The molecule has 3 rings (SSSR count). The van der Waals surface area contributed by atoms with Crippen molar-refractivity contribution in [2.45, 2.75) is 38.1 Å². The number of likely N-dealkylation sites (tertiary alicyclic amines) is 1. The Morgan fingerprint density at radius 2 is 1.71 bits per heavy atom. The molecule has 0 aromatic heterocycles. The molecule has 34 heavy (non-hydrogen) atoms. The van der Waals surface area contributed by atoms with Crippen molar-refractivity contribution in [3.63, 3.8) is 0 Å². The highest BCUT2D eigenvalue weighted by Gasteiger charge is 2.35. The van der Waals surface area contributed by atoms with Gasteiger partial charge in [0.1, 0.15) is 6.61 Å². The predicted molar refractivity (Wildman–Crippen MR) is 129 cm³/mol. The molecule has 0 atom stereocenters. The number of phosphoric ester groups is 1. The van der Waals surface area contributed by atoms with E-state index in [-0.39, 0.29) is 12.5 Å². The summed E-state index contributed by atoms with van der Waals surface area (Å²) in [6.07, 6.45) is 2.60. The molecule has 10 heteroatoms. The van der Waals surface area contributed by atoms with Crippen LogP contribution in [-0.2, 0) is 20.3 Å². The quantitative estimate of drug-likeness (QED) is 0.202. The fraction of sp³-hybridized carbons (Fsp3) is 0.417. The Hall–Kier alpha value is -2.55. The van der Waals surface area contributed by atoms with Gasteiger partial charge in [-0.15, -0.1) is 0 Å². The van der Waals surface area contributed by atoms with Crippen LogP contribution in [0.25, 0.3) is 0 Å². The number of piperidine rings is 1. The Morgan fingerprint density at radius 3 is 2.32 bits per heavy atom. The van der Waals surface area contributed by atoms with Gasteiger partial charge in [-0.1, -0.05) is 47.6 Å². The fourth-order valence-corrected chi connectivity index (χ4v) is 4.15. The van der Waals surface area contributed by atoms with Crippen molar-refractivity contribution in [1.82, 2.24) is 4.90 Å². The van der Waals surface area contributed by atoms with Crippen molar-refractivity contribution in [1.29, 1.82) is 0 Å². The Morgan fingerprint density at radius 1 is 1.09 bits per heavy atom. The van der Waals surface area contributed by atoms with Crippen LogP contribution < -0.4 is 5.73 Å². The van der Waals surface area contributed by atoms with Gasteiger partial charge in [0, 0.05) is 24.2 Å². The Labute approximate surface area is 199 Å². The van der Waals surface area contributed by atoms with Crippen molar-refractivity contribution in [3.8, 4) is 0 Å². The topological polar surface area (TPSA) is 135 Å². The molecule has 0 aliphatic carbocycles. The largest absolute Gasteiger partial charge is 0.469 e. The van der Waals surface area contributed by atoms with Crippen LogP contribution in [0.2, 0.25) is 0 Å². The monoisotopic (exact) mass is 489 g/mol. The summed E-state index contributed by atoms with van der Waals surface area (Å²) in [7, 11) is -4.57. The van der Waals surface area contributed by atoms with Crippen molar-refractivity contribution in [3.05, 3.63) is 71.3 Å². The van der Waals surface area contributed by atoms with E-state index < -0.39 is 13.4 Å². The second kappa shape index (κ2) is 11.7. The molecule has 1 amide bonds. The van der Waals surface area contributed by atoms with E-state index in [1.165, 1.54) is 5.56 Å². The second-order valence-electron chi connectivity index (χ2n) is 8.60. The Balaban J connectivity index is 1.45. The molecular formula is C24H32N3O6P. The lowest BCUT2D eigenvalue weighted by atomic mass is 9.89.